The third-order valence-electron chi connectivity index (χ3n) is 4.24. The molecule has 3 heterocycles. The number of hydrogen-bond acceptors (Lipinski definition) is 1. The van der Waals surface area contributed by atoms with E-state index in [2.05, 4.69) is 53.2 Å². The van der Waals surface area contributed by atoms with E-state index < -0.39 is 0 Å². The number of aromatic nitrogens is 1. The molecular formula is C16H12NS+. The molecule has 0 N–H and O–H groups in total. The van der Waals surface area contributed by atoms with Crippen molar-refractivity contribution >= 4 is 21.4 Å². The Morgan fingerprint density at radius 2 is 1.94 bits per heavy atom. The van der Waals surface area contributed by atoms with Crippen molar-refractivity contribution < 1.29 is 4.57 Å². The topological polar surface area (TPSA) is 3.88 Å². The Morgan fingerprint density at radius 1 is 1.06 bits per heavy atom. The van der Waals surface area contributed by atoms with Gasteiger partial charge in [0.15, 0.2) is 12.2 Å². The third kappa shape index (κ3) is 1.01. The molecule has 2 aliphatic rings. The van der Waals surface area contributed by atoms with E-state index in [1.807, 2.05) is 11.3 Å². The van der Waals surface area contributed by atoms with E-state index in [0.29, 0.717) is 6.04 Å². The van der Waals surface area contributed by atoms with Gasteiger partial charge in [0.25, 0.3) is 0 Å². The second-order valence-electron chi connectivity index (χ2n) is 5.24. The van der Waals surface area contributed by atoms with Gasteiger partial charge in [-0.25, -0.2) is 0 Å². The Balaban J connectivity index is 1.95. The molecule has 1 fully saturated rings. The van der Waals surface area contributed by atoms with E-state index >= 15 is 0 Å². The lowest BCUT2D eigenvalue weighted by atomic mass is 10.0. The summed E-state index contributed by atoms with van der Waals surface area (Å²) in [4.78, 5) is 1.50. The highest BCUT2D eigenvalue weighted by Crippen LogP contribution is 2.58. The summed E-state index contributed by atoms with van der Waals surface area (Å²) in [6, 6.07) is 16.1. The average Bonchev–Trinajstić information content (AvgIpc) is 3.13. The Hall–Kier alpha value is -1.67. The zero-order valence-electron chi connectivity index (χ0n) is 9.84. The maximum atomic E-state index is 2.47. The highest BCUT2D eigenvalue weighted by molar-refractivity contribution is 7.22. The summed E-state index contributed by atoms with van der Waals surface area (Å²) in [6.07, 6.45) is 3.56. The molecule has 3 aromatic rings. The van der Waals surface area contributed by atoms with Crippen LogP contribution in [0.2, 0.25) is 0 Å². The van der Waals surface area contributed by atoms with E-state index in [0.717, 1.165) is 5.92 Å². The van der Waals surface area contributed by atoms with Crippen molar-refractivity contribution in [2.24, 2.45) is 0 Å². The van der Waals surface area contributed by atoms with Crippen LogP contribution in [0.15, 0.2) is 48.7 Å². The third-order valence-corrected chi connectivity index (χ3v) is 5.45. The Morgan fingerprint density at radius 3 is 2.94 bits per heavy atom. The SMILES string of the molecule is c1cc[n+]2c(c1)-c1sc3ccccc3c1C1CC12. The zero-order valence-corrected chi connectivity index (χ0v) is 10.7. The number of nitrogens with zero attached hydrogens (tertiary/aromatic N) is 1. The van der Waals surface area contributed by atoms with Crippen molar-refractivity contribution in [2.45, 2.75) is 18.4 Å². The van der Waals surface area contributed by atoms with Gasteiger partial charge in [-0.05, 0) is 23.1 Å². The minimum Gasteiger partial charge on any atom is -0.194 e. The van der Waals surface area contributed by atoms with Gasteiger partial charge in [0.2, 0.25) is 5.69 Å². The summed E-state index contributed by atoms with van der Waals surface area (Å²) in [7, 11) is 0. The van der Waals surface area contributed by atoms with Crippen molar-refractivity contribution in [1.82, 2.24) is 0 Å². The van der Waals surface area contributed by atoms with E-state index in [1.54, 1.807) is 5.56 Å². The van der Waals surface area contributed by atoms with Crippen LogP contribution in [-0.4, -0.2) is 0 Å². The second-order valence-corrected chi connectivity index (χ2v) is 6.30. The number of rotatable bonds is 0. The predicted molar refractivity (Wildman–Crippen MR) is 73.9 cm³/mol. The molecule has 1 aliphatic heterocycles. The fraction of sp³-hybridized carbons (Fsp3) is 0.188. The van der Waals surface area contributed by atoms with Gasteiger partial charge >= 0.3 is 0 Å². The van der Waals surface area contributed by atoms with Gasteiger partial charge in [-0.2, -0.15) is 4.57 Å². The molecule has 1 nitrogen and oxygen atoms in total. The van der Waals surface area contributed by atoms with Crippen LogP contribution in [0, 0.1) is 0 Å². The van der Waals surface area contributed by atoms with Crippen molar-refractivity contribution in [3.63, 3.8) is 0 Å². The summed E-state index contributed by atoms with van der Waals surface area (Å²) >= 11 is 1.95. The number of pyridine rings is 1. The lowest BCUT2D eigenvalue weighted by molar-refractivity contribution is -0.692. The van der Waals surface area contributed by atoms with Crippen LogP contribution in [0.4, 0.5) is 0 Å². The minimum atomic E-state index is 0.715. The smallest absolute Gasteiger partial charge is 0.194 e. The zero-order chi connectivity index (χ0) is 11.7. The monoisotopic (exact) mass is 250 g/mol. The quantitative estimate of drug-likeness (QED) is 0.533. The predicted octanol–water partition coefficient (Wildman–Crippen LogP) is 3.90. The first-order valence-corrected chi connectivity index (χ1v) is 7.27. The number of benzene rings is 1. The number of hydrogen-bond donors (Lipinski definition) is 0. The van der Waals surface area contributed by atoms with E-state index in [-0.39, 0.29) is 0 Å². The molecule has 1 saturated carbocycles. The summed E-state index contributed by atoms with van der Waals surface area (Å²) in [5, 5.41) is 1.49. The first-order valence-electron chi connectivity index (χ1n) is 6.45. The molecule has 0 saturated heterocycles. The van der Waals surface area contributed by atoms with E-state index in [9.17, 15) is 0 Å². The van der Waals surface area contributed by atoms with Gasteiger partial charge in [0, 0.05) is 23.3 Å². The van der Waals surface area contributed by atoms with E-state index in [4.69, 9.17) is 0 Å². The summed E-state index contributed by atoms with van der Waals surface area (Å²) in [6.45, 7) is 0. The largest absolute Gasteiger partial charge is 0.223 e. The summed E-state index contributed by atoms with van der Waals surface area (Å²) in [5.74, 6) is 0.760. The Labute approximate surface area is 109 Å². The molecule has 5 rings (SSSR count). The summed E-state index contributed by atoms with van der Waals surface area (Å²) < 4.78 is 3.91. The van der Waals surface area contributed by atoms with Crippen LogP contribution in [0.3, 0.4) is 0 Å². The highest BCUT2D eigenvalue weighted by atomic mass is 32.1. The van der Waals surface area contributed by atoms with Crippen molar-refractivity contribution in [3.8, 4) is 10.6 Å². The van der Waals surface area contributed by atoms with Crippen LogP contribution >= 0.6 is 11.3 Å². The Kier molecular flexibility index (Phi) is 1.55. The number of fused-ring (bicyclic) bond motifs is 8. The summed E-state index contributed by atoms with van der Waals surface area (Å²) in [5.41, 5.74) is 3.03. The molecule has 2 aromatic heterocycles. The normalized spacial score (nSPS) is 23.3. The molecule has 86 valence electrons. The molecule has 18 heavy (non-hydrogen) atoms. The van der Waals surface area contributed by atoms with Crippen LogP contribution in [0.25, 0.3) is 20.7 Å². The van der Waals surface area contributed by atoms with Gasteiger partial charge < -0.3 is 0 Å². The van der Waals surface area contributed by atoms with Crippen molar-refractivity contribution in [3.05, 3.63) is 54.2 Å². The van der Waals surface area contributed by atoms with E-state index in [1.165, 1.54) is 27.1 Å². The van der Waals surface area contributed by atoms with Gasteiger partial charge in [0.1, 0.15) is 4.88 Å². The van der Waals surface area contributed by atoms with Crippen LogP contribution in [-0.2, 0) is 0 Å². The molecule has 0 radical (unpaired) electrons. The van der Waals surface area contributed by atoms with Crippen molar-refractivity contribution in [2.75, 3.05) is 0 Å². The van der Waals surface area contributed by atoms with Gasteiger partial charge in [-0.15, -0.1) is 11.3 Å². The second kappa shape index (κ2) is 3.01. The molecular weight excluding hydrogens is 238 g/mol. The maximum absolute atomic E-state index is 2.47. The minimum absolute atomic E-state index is 0.715. The van der Waals surface area contributed by atoms with Crippen molar-refractivity contribution in [1.29, 1.82) is 0 Å². The van der Waals surface area contributed by atoms with Gasteiger partial charge in [0.05, 0.1) is 5.92 Å². The maximum Gasteiger partial charge on any atom is 0.223 e. The molecule has 2 unspecified atom stereocenters. The lowest BCUT2D eigenvalue weighted by Gasteiger charge is -2.09. The fourth-order valence-electron chi connectivity index (χ4n) is 3.36. The lowest BCUT2D eigenvalue weighted by Crippen LogP contribution is -2.36. The molecule has 1 aromatic carbocycles. The molecule has 2 heteroatoms. The van der Waals surface area contributed by atoms with Crippen LogP contribution in [0.1, 0.15) is 23.9 Å². The standard InChI is InChI=1S/C16H12NS/c1-2-7-14-10(5-1)15-11-9-13(11)17-8-4-3-6-12(17)16(15)18-14/h1-8,11,13H,9H2/q+1. The van der Waals surface area contributed by atoms with Gasteiger partial charge in [-0.3, -0.25) is 0 Å². The van der Waals surface area contributed by atoms with Crippen LogP contribution in [0.5, 0.6) is 0 Å². The average molecular weight is 250 g/mol. The first kappa shape index (κ1) is 9.29. The molecule has 0 spiro atoms. The highest BCUT2D eigenvalue weighted by Gasteiger charge is 2.54. The Bertz CT molecular complexity index is 787. The molecule has 2 atom stereocenters. The molecule has 0 bridgehead atoms. The van der Waals surface area contributed by atoms with Gasteiger partial charge in [-0.1, -0.05) is 18.2 Å². The fourth-order valence-corrected chi connectivity index (χ4v) is 4.66. The number of thiophene rings is 1. The molecule has 1 aliphatic carbocycles. The first-order chi connectivity index (χ1) is 8.93. The molecule has 0 amide bonds. The van der Waals surface area contributed by atoms with Crippen LogP contribution < -0.4 is 4.57 Å².